The van der Waals surface area contributed by atoms with E-state index in [0.29, 0.717) is 19.6 Å². The summed E-state index contributed by atoms with van der Waals surface area (Å²) in [6, 6.07) is 16.2. The van der Waals surface area contributed by atoms with E-state index in [9.17, 15) is 9.59 Å². The van der Waals surface area contributed by atoms with Crippen LogP contribution in [0.15, 0.2) is 54.7 Å². The Hall–Kier alpha value is -3.32. The van der Waals surface area contributed by atoms with Gasteiger partial charge < -0.3 is 25.0 Å². The second-order valence-electron chi connectivity index (χ2n) is 12.4. The van der Waals surface area contributed by atoms with Crippen molar-refractivity contribution >= 4 is 22.8 Å². The summed E-state index contributed by atoms with van der Waals surface area (Å²) in [6.45, 7) is 16.9. The first-order chi connectivity index (χ1) is 21.2. The van der Waals surface area contributed by atoms with Crippen LogP contribution in [-0.4, -0.2) is 84.0 Å². The number of hydrogen-bond donors (Lipinski definition) is 2. The van der Waals surface area contributed by atoms with Crippen LogP contribution in [0.25, 0.3) is 10.9 Å². The Kier molecular flexibility index (Phi) is 12.9. The lowest BCUT2D eigenvalue weighted by molar-refractivity contribution is -0.135. The Labute approximate surface area is 266 Å². The number of benzene rings is 2. The molecule has 7 heteroatoms. The van der Waals surface area contributed by atoms with E-state index in [1.165, 1.54) is 11.1 Å². The number of aryl methyl sites for hydroxylation is 1. The molecule has 5 rings (SSSR count). The number of hydrogen-bond acceptors (Lipinski definition) is 3. The first kappa shape index (κ1) is 35.2. The largest absolute Gasteiger partial charge is 0.361 e. The second kappa shape index (κ2) is 16.1. The van der Waals surface area contributed by atoms with Gasteiger partial charge in [-0.1, -0.05) is 77.1 Å². The number of piperidine rings is 1. The number of aromatic amines is 1. The topological polar surface area (TPSA) is 71.7 Å². The smallest absolute Gasteiger partial charge is 0.318 e. The molecule has 1 aliphatic carbocycles. The normalized spacial score (nSPS) is 16.5. The van der Waals surface area contributed by atoms with Gasteiger partial charge in [-0.25, -0.2) is 4.79 Å². The Morgan fingerprint density at radius 2 is 1.55 bits per heavy atom. The summed E-state index contributed by atoms with van der Waals surface area (Å²) < 4.78 is 0. The number of H-pyrrole nitrogens is 1. The number of amides is 3. The minimum atomic E-state index is -0.655. The number of aromatic nitrogens is 1. The summed E-state index contributed by atoms with van der Waals surface area (Å²) in [5.41, 5.74) is 5.21. The van der Waals surface area contributed by atoms with Crippen LogP contribution >= 0.6 is 0 Å². The molecule has 1 saturated heterocycles. The number of para-hydroxylation sites is 1. The monoisotopic (exact) mass is 603 g/mol. The zero-order valence-corrected chi connectivity index (χ0v) is 28.7. The van der Waals surface area contributed by atoms with Crippen molar-refractivity contribution in [2.45, 2.75) is 97.6 Å². The molecular formula is C37H57N5O2. The van der Waals surface area contributed by atoms with Gasteiger partial charge in [-0.05, 0) is 81.8 Å². The molecule has 2 unspecified atom stereocenters. The van der Waals surface area contributed by atoms with Crippen molar-refractivity contribution in [3.63, 3.8) is 0 Å². The van der Waals surface area contributed by atoms with Crippen molar-refractivity contribution < 1.29 is 9.59 Å². The van der Waals surface area contributed by atoms with E-state index in [1.54, 1.807) is 0 Å². The fraction of sp³-hybridized carbons (Fsp3) is 0.568. The maximum Gasteiger partial charge on any atom is 0.318 e. The van der Waals surface area contributed by atoms with Gasteiger partial charge >= 0.3 is 6.03 Å². The van der Waals surface area contributed by atoms with Gasteiger partial charge in [-0.15, -0.1) is 0 Å². The minimum absolute atomic E-state index is 0.0172. The molecule has 0 saturated carbocycles. The van der Waals surface area contributed by atoms with Gasteiger partial charge in [-0.2, -0.15) is 0 Å². The molecular weight excluding hydrogens is 546 g/mol. The standard InChI is InChI=1S/C33H45N5O2.2C2H6/c1-23(2)38(21-20-36(4)5)32(40)35-30(24(3)27-22-34-29-13-9-7-11-26(27)29)31(39)37-18-16-33(17-19-37)15-14-25-10-6-8-12-28(25)33;2*1-2/h6-13,22-24,30,34H,14-21H2,1-5H3,(H,35,40);2*1-2H3. The van der Waals surface area contributed by atoms with Gasteiger partial charge in [-0.3, -0.25) is 4.79 Å². The number of nitrogens with one attached hydrogen (secondary N) is 2. The molecule has 1 aromatic heterocycles. The van der Waals surface area contributed by atoms with Crippen molar-refractivity contribution in [2.75, 3.05) is 40.3 Å². The number of likely N-dealkylation sites (N-methyl/N-ethyl adjacent to an activating group) is 1. The average molecular weight is 604 g/mol. The van der Waals surface area contributed by atoms with Crippen LogP contribution in [0.2, 0.25) is 0 Å². The van der Waals surface area contributed by atoms with E-state index in [0.717, 1.165) is 48.7 Å². The third kappa shape index (κ3) is 7.66. The van der Waals surface area contributed by atoms with E-state index in [4.69, 9.17) is 0 Å². The van der Waals surface area contributed by atoms with E-state index in [2.05, 4.69) is 52.5 Å². The zero-order valence-electron chi connectivity index (χ0n) is 28.7. The molecule has 1 aliphatic heterocycles. The van der Waals surface area contributed by atoms with Gasteiger partial charge in [0.2, 0.25) is 5.91 Å². The number of carbonyl (C=O) groups is 2. The maximum absolute atomic E-state index is 14.3. The highest BCUT2D eigenvalue weighted by molar-refractivity contribution is 5.90. The quantitative estimate of drug-likeness (QED) is 0.287. The zero-order chi connectivity index (χ0) is 32.4. The first-order valence-corrected chi connectivity index (χ1v) is 16.9. The molecule has 7 nitrogen and oxygen atoms in total. The lowest BCUT2D eigenvalue weighted by atomic mass is 9.73. The molecule has 44 heavy (non-hydrogen) atoms. The van der Waals surface area contributed by atoms with Crippen molar-refractivity contribution in [1.82, 2.24) is 25.0 Å². The lowest BCUT2D eigenvalue weighted by Crippen LogP contribution is -2.57. The summed E-state index contributed by atoms with van der Waals surface area (Å²) in [5, 5.41) is 4.31. The molecule has 1 fully saturated rings. The number of nitrogens with zero attached hydrogens (tertiary/aromatic N) is 3. The highest BCUT2D eigenvalue weighted by Gasteiger charge is 2.43. The Morgan fingerprint density at radius 3 is 2.20 bits per heavy atom. The van der Waals surface area contributed by atoms with Crippen molar-refractivity contribution in [1.29, 1.82) is 0 Å². The van der Waals surface area contributed by atoms with Crippen LogP contribution in [-0.2, 0) is 16.6 Å². The predicted molar refractivity (Wildman–Crippen MR) is 184 cm³/mol. The molecule has 0 bridgehead atoms. The second-order valence-corrected chi connectivity index (χ2v) is 12.4. The molecule has 242 valence electrons. The Morgan fingerprint density at radius 1 is 0.909 bits per heavy atom. The first-order valence-electron chi connectivity index (χ1n) is 16.9. The molecule has 1 spiro atoms. The number of likely N-dealkylation sites (tertiary alicyclic amines) is 1. The molecule has 3 amide bonds. The summed E-state index contributed by atoms with van der Waals surface area (Å²) >= 11 is 0. The van der Waals surface area contributed by atoms with Crippen LogP contribution in [0.4, 0.5) is 4.79 Å². The highest BCUT2D eigenvalue weighted by Crippen LogP contribution is 2.46. The number of carbonyl (C=O) groups excluding carboxylic acids is 2. The van der Waals surface area contributed by atoms with E-state index in [1.807, 2.05) is 89.8 Å². The third-order valence-corrected chi connectivity index (χ3v) is 9.32. The van der Waals surface area contributed by atoms with Crippen molar-refractivity contribution in [3.05, 3.63) is 71.4 Å². The highest BCUT2D eigenvalue weighted by atomic mass is 16.2. The van der Waals surface area contributed by atoms with Crippen LogP contribution in [0.3, 0.4) is 0 Å². The Balaban J connectivity index is 0.00000127. The van der Waals surface area contributed by atoms with Gasteiger partial charge in [0, 0.05) is 55.2 Å². The van der Waals surface area contributed by atoms with Crippen molar-refractivity contribution in [3.8, 4) is 0 Å². The minimum Gasteiger partial charge on any atom is -0.361 e. The molecule has 2 heterocycles. The van der Waals surface area contributed by atoms with E-state index >= 15 is 0 Å². The number of urea groups is 1. The van der Waals surface area contributed by atoms with Crippen LogP contribution in [0.1, 0.15) is 90.3 Å². The summed E-state index contributed by atoms with van der Waals surface area (Å²) in [6.07, 6.45) is 6.22. The summed E-state index contributed by atoms with van der Waals surface area (Å²) in [5.74, 6) is -0.179. The number of rotatable bonds is 8. The van der Waals surface area contributed by atoms with Gasteiger partial charge in [0.05, 0.1) is 0 Å². The van der Waals surface area contributed by atoms with Crippen molar-refractivity contribution in [2.24, 2.45) is 0 Å². The van der Waals surface area contributed by atoms with Crippen LogP contribution in [0, 0.1) is 0 Å². The summed E-state index contributed by atoms with van der Waals surface area (Å²) in [7, 11) is 4.02. The molecule has 2 N–H and O–H groups in total. The molecule has 0 radical (unpaired) electrons. The van der Waals surface area contributed by atoms with Gasteiger partial charge in [0.15, 0.2) is 0 Å². The molecule has 2 aliphatic rings. The van der Waals surface area contributed by atoms with Gasteiger partial charge in [0.25, 0.3) is 0 Å². The van der Waals surface area contributed by atoms with Crippen LogP contribution in [0.5, 0.6) is 0 Å². The summed E-state index contributed by atoms with van der Waals surface area (Å²) in [4.78, 5) is 37.3. The predicted octanol–water partition coefficient (Wildman–Crippen LogP) is 7.18. The lowest BCUT2D eigenvalue weighted by Gasteiger charge is -2.42. The van der Waals surface area contributed by atoms with E-state index < -0.39 is 6.04 Å². The van der Waals surface area contributed by atoms with E-state index in [-0.39, 0.29) is 29.3 Å². The SMILES string of the molecule is CC.CC.CC(c1c[nH]c2ccccc12)C(NC(=O)N(CCN(C)C)C(C)C)C(=O)N1CCC2(CCc3ccccc32)CC1. The van der Waals surface area contributed by atoms with Crippen LogP contribution < -0.4 is 5.32 Å². The Bertz CT molecular complexity index is 1340. The maximum atomic E-state index is 14.3. The molecule has 3 aromatic rings. The molecule has 2 atom stereocenters. The fourth-order valence-corrected chi connectivity index (χ4v) is 6.80. The number of fused-ring (bicyclic) bond motifs is 3. The average Bonchev–Trinajstić information content (AvgIpc) is 3.63. The fourth-order valence-electron chi connectivity index (χ4n) is 6.80. The van der Waals surface area contributed by atoms with Gasteiger partial charge in [0.1, 0.15) is 6.04 Å². The molecule has 2 aromatic carbocycles. The third-order valence-electron chi connectivity index (χ3n) is 9.32.